The maximum Gasteiger partial charge on any atom is 0.130 e. The number of rotatable bonds is 4. The van der Waals surface area contributed by atoms with E-state index in [9.17, 15) is 4.79 Å². The van der Waals surface area contributed by atoms with Crippen LogP contribution in [0.3, 0.4) is 0 Å². The van der Waals surface area contributed by atoms with Crippen molar-refractivity contribution < 1.29 is 4.79 Å². The van der Waals surface area contributed by atoms with Crippen molar-refractivity contribution in [2.24, 2.45) is 0 Å². The summed E-state index contributed by atoms with van der Waals surface area (Å²) < 4.78 is 0. The Hall–Kier alpha value is -0.760. The van der Waals surface area contributed by atoms with Crippen LogP contribution in [0, 0.1) is 0 Å². The third-order valence-electron chi connectivity index (χ3n) is 1.66. The van der Waals surface area contributed by atoms with Gasteiger partial charge < -0.3 is 4.79 Å². The summed E-state index contributed by atoms with van der Waals surface area (Å²) in [5, 5.41) is 0. The molecule has 2 heteroatoms. The van der Waals surface area contributed by atoms with Crippen LogP contribution in [0.1, 0.15) is 12.5 Å². The Balaban J connectivity index is 2.74. The molecule has 0 aromatic heterocycles. The SMILES string of the molecule is CCc1ccccc1SCC=O. The van der Waals surface area contributed by atoms with Crippen LogP contribution in [0.25, 0.3) is 0 Å². The van der Waals surface area contributed by atoms with Crippen LogP contribution in [-0.2, 0) is 11.2 Å². The molecule has 0 spiro atoms. The van der Waals surface area contributed by atoms with E-state index in [4.69, 9.17) is 0 Å². The Kier molecular flexibility index (Phi) is 3.88. The molecule has 0 atom stereocenters. The summed E-state index contributed by atoms with van der Waals surface area (Å²) in [7, 11) is 0. The van der Waals surface area contributed by atoms with Gasteiger partial charge in [-0.05, 0) is 18.1 Å². The molecular weight excluding hydrogens is 168 g/mol. The summed E-state index contributed by atoms with van der Waals surface area (Å²) in [6.45, 7) is 2.13. The van der Waals surface area contributed by atoms with E-state index in [1.54, 1.807) is 11.8 Å². The molecule has 12 heavy (non-hydrogen) atoms. The summed E-state index contributed by atoms with van der Waals surface area (Å²) in [5.41, 5.74) is 1.32. The molecular formula is C10H12OS. The largest absolute Gasteiger partial charge is 0.302 e. The van der Waals surface area contributed by atoms with Crippen molar-refractivity contribution in [3.8, 4) is 0 Å². The first kappa shape index (κ1) is 9.33. The van der Waals surface area contributed by atoms with Crippen LogP contribution >= 0.6 is 11.8 Å². The molecule has 0 amide bonds. The number of hydrogen-bond acceptors (Lipinski definition) is 2. The zero-order valence-corrected chi connectivity index (χ0v) is 7.93. The zero-order valence-electron chi connectivity index (χ0n) is 7.12. The van der Waals surface area contributed by atoms with Crippen molar-refractivity contribution in [2.75, 3.05) is 5.75 Å². The number of carbonyl (C=O) groups is 1. The molecule has 1 aromatic rings. The van der Waals surface area contributed by atoms with Gasteiger partial charge in [0.2, 0.25) is 0 Å². The molecule has 0 saturated heterocycles. The van der Waals surface area contributed by atoms with Gasteiger partial charge in [0.05, 0.1) is 5.75 Å². The second-order valence-electron chi connectivity index (χ2n) is 2.44. The molecule has 0 radical (unpaired) electrons. The number of aldehydes is 1. The van der Waals surface area contributed by atoms with E-state index in [-0.39, 0.29) is 0 Å². The van der Waals surface area contributed by atoms with Gasteiger partial charge in [0, 0.05) is 4.90 Å². The quantitative estimate of drug-likeness (QED) is 0.523. The van der Waals surface area contributed by atoms with E-state index in [0.717, 1.165) is 12.7 Å². The lowest BCUT2D eigenvalue weighted by Crippen LogP contribution is -1.86. The highest BCUT2D eigenvalue weighted by Gasteiger charge is 1.98. The van der Waals surface area contributed by atoms with Crippen LogP contribution in [0.4, 0.5) is 0 Å². The molecule has 0 heterocycles. The van der Waals surface area contributed by atoms with Gasteiger partial charge in [-0.15, -0.1) is 11.8 Å². The summed E-state index contributed by atoms with van der Waals surface area (Å²) >= 11 is 1.60. The standard InChI is InChI=1S/C10H12OS/c1-2-9-5-3-4-6-10(9)12-8-7-11/h3-7H,2,8H2,1H3. The van der Waals surface area contributed by atoms with Gasteiger partial charge in [-0.2, -0.15) is 0 Å². The zero-order chi connectivity index (χ0) is 8.81. The summed E-state index contributed by atoms with van der Waals surface area (Å²) in [6.07, 6.45) is 1.97. The Labute approximate surface area is 77.2 Å². The molecule has 0 fully saturated rings. The van der Waals surface area contributed by atoms with Gasteiger partial charge in [-0.3, -0.25) is 0 Å². The molecule has 0 aliphatic rings. The minimum Gasteiger partial charge on any atom is -0.302 e. The highest BCUT2D eigenvalue weighted by Crippen LogP contribution is 2.21. The first-order chi connectivity index (χ1) is 5.88. The van der Waals surface area contributed by atoms with Crippen molar-refractivity contribution in [2.45, 2.75) is 18.2 Å². The Bertz CT molecular complexity index is 258. The maximum absolute atomic E-state index is 10.2. The molecule has 0 saturated carbocycles. The number of hydrogen-bond donors (Lipinski definition) is 0. The van der Waals surface area contributed by atoms with Crippen molar-refractivity contribution in [3.63, 3.8) is 0 Å². The monoisotopic (exact) mass is 180 g/mol. The van der Waals surface area contributed by atoms with Crippen LogP contribution in [-0.4, -0.2) is 12.0 Å². The average molecular weight is 180 g/mol. The number of aryl methyl sites for hydroxylation is 1. The van der Waals surface area contributed by atoms with Crippen LogP contribution in [0.2, 0.25) is 0 Å². The molecule has 64 valence electrons. The first-order valence-corrected chi connectivity index (χ1v) is 5.01. The molecule has 0 unspecified atom stereocenters. The number of thioether (sulfide) groups is 1. The van der Waals surface area contributed by atoms with E-state index in [2.05, 4.69) is 19.1 Å². The van der Waals surface area contributed by atoms with Crippen LogP contribution in [0.15, 0.2) is 29.2 Å². The second-order valence-corrected chi connectivity index (χ2v) is 3.50. The Morgan fingerprint density at radius 1 is 1.42 bits per heavy atom. The van der Waals surface area contributed by atoms with Gasteiger partial charge >= 0.3 is 0 Å². The minimum atomic E-state index is 0.553. The molecule has 0 aliphatic heterocycles. The Morgan fingerprint density at radius 3 is 2.83 bits per heavy atom. The molecule has 0 aliphatic carbocycles. The van der Waals surface area contributed by atoms with Crippen molar-refractivity contribution in [3.05, 3.63) is 29.8 Å². The molecule has 0 bridgehead atoms. The van der Waals surface area contributed by atoms with E-state index in [1.165, 1.54) is 10.5 Å². The predicted octanol–water partition coefficient (Wildman–Crippen LogP) is 2.54. The fourth-order valence-corrected chi connectivity index (χ4v) is 1.88. The van der Waals surface area contributed by atoms with Gasteiger partial charge in [0.25, 0.3) is 0 Å². The second kappa shape index (κ2) is 4.99. The lowest BCUT2D eigenvalue weighted by Gasteiger charge is -2.03. The topological polar surface area (TPSA) is 17.1 Å². The van der Waals surface area contributed by atoms with Gasteiger partial charge in [0.1, 0.15) is 6.29 Å². The molecule has 0 N–H and O–H groups in total. The summed E-state index contributed by atoms with van der Waals surface area (Å²) in [5.74, 6) is 0.553. The molecule has 1 nitrogen and oxygen atoms in total. The van der Waals surface area contributed by atoms with E-state index >= 15 is 0 Å². The van der Waals surface area contributed by atoms with Gasteiger partial charge in [-0.25, -0.2) is 0 Å². The van der Waals surface area contributed by atoms with Crippen LogP contribution in [0.5, 0.6) is 0 Å². The first-order valence-electron chi connectivity index (χ1n) is 4.02. The van der Waals surface area contributed by atoms with Gasteiger partial charge in [0.15, 0.2) is 0 Å². The minimum absolute atomic E-state index is 0.553. The molecule has 1 aromatic carbocycles. The van der Waals surface area contributed by atoms with Crippen molar-refractivity contribution >= 4 is 18.0 Å². The number of benzene rings is 1. The highest BCUT2D eigenvalue weighted by molar-refractivity contribution is 8.00. The van der Waals surface area contributed by atoms with E-state index < -0.39 is 0 Å². The smallest absolute Gasteiger partial charge is 0.130 e. The third-order valence-corrected chi connectivity index (χ3v) is 2.67. The van der Waals surface area contributed by atoms with Gasteiger partial charge in [-0.1, -0.05) is 25.1 Å². The molecule has 1 rings (SSSR count). The summed E-state index contributed by atoms with van der Waals surface area (Å²) in [4.78, 5) is 11.4. The number of carbonyl (C=O) groups excluding carboxylic acids is 1. The lowest BCUT2D eigenvalue weighted by atomic mass is 10.2. The van der Waals surface area contributed by atoms with Crippen molar-refractivity contribution in [1.29, 1.82) is 0 Å². The maximum atomic E-state index is 10.2. The van der Waals surface area contributed by atoms with Crippen LogP contribution < -0.4 is 0 Å². The van der Waals surface area contributed by atoms with E-state index in [1.807, 2.05) is 12.1 Å². The fraction of sp³-hybridized carbons (Fsp3) is 0.300. The third kappa shape index (κ3) is 2.38. The Morgan fingerprint density at radius 2 is 2.17 bits per heavy atom. The normalized spacial score (nSPS) is 9.75. The lowest BCUT2D eigenvalue weighted by molar-refractivity contribution is -0.105. The van der Waals surface area contributed by atoms with E-state index in [0.29, 0.717) is 5.75 Å². The average Bonchev–Trinajstić information content (AvgIpc) is 2.15. The van der Waals surface area contributed by atoms with Crippen molar-refractivity contribution in [1.82, 2.24) is 0 Å². The summed E-state index contributed by atoms with van der Waals surface area (Å²) in [6, 6.07) is 8.20. The fourth-order valence-electron chi connectivity index (χ4n) is 1.06. The highest BCUT2D eigenvalue weighted by atomic mass is 32.2. The predicted molar refractivity (Wildman–Crippen MR) is 52.6 cm³/mol.